The lowest BCUT2D eigenvalue weighted by Crippen LogP contribution is -2.35. The Bertz CT molecular complexity index is 671. The standard InChI is InChI=1S/C21H31N5/c1-4-18(10-8-17-9-11-21(24-3)25-15-17)19(14-22)20(23-2)16-26-12-6-5-7-13-26/h4,8,10-11,14-15,24H,1,5-7,9,12-13,16,22H2,2-3H3/b17-8+,18-10+,19-14?,23-20?. The first kappa shape index (κ1) is 19.9. The van der Waals surface area contributed by atoms with Gasteiger partial charge >= 0.3 is 0 Å². The summed E-state index contributed by atoms with van der Waals surface area (Å²) < 4.78 is 0. The molecule has 2 aliphatic rings. The lowest BCUT2D eigenvalue weighted by molar-refractivity contribution is 0.258. The minimum atomic E-state index is 0.830. The van der Waals surface area contributed by atoms with Crippen molar-refractivity contribution >= 4 is 11.9 Å². The number of nitrogens with two attached hydrogens (primary N) is 1. The molecule has 0 atom stereocenters. The molecule has 0 saturated carbocycles. The molecule has 2 aliphatic heterocycles. The number of nitrogens with one attached hydrogen (secondary N) is 1. The third-order valence-electron chi connectivity index (χ3n) is 4.73. The fourth-order valence-corrected chi connectivity index (χ4v) is 3.18. The molecule has 0 aromatic carbocycles. The van der Waals surface area contributed by atoms with Crippen LogP contribution in [0.1, 0.15) is 25.7 Å². The highest BCUT2D eigenvalue weighted by Gasteiger charge is 2.16. The van der Waals surface area contributed by atoms with Gasteiger partial charge in [-0.3, -0.25) is 9.89 Å². The minimum Gasteiger partial charge on any atom is -0.404 e. The molecule has 0 radical (unpaired) electrons. The van der Waals surface area contributed by atoms with Gasteiger partial charge in [0.1, 0.15) is 5.82 Å². The summed E-state index contributed by atoms with van der Waals surface area (Å²) in [6, 6.07) is 0. The third-order valence-corrected chi connectivity index (χ3v) is 4.73. The van der Waals surface area contributed by atoms with Crippen molar-refractivity contribution in [2.45, 2.75) is 25.7 Å². The maximum atomic E-state index is 5.96. The van der Waals surface area contributed by atoms with Gasteiger partial charge in [-0.1, -0.05) is 31.2 Å². The van der Waals surface area contributed by atoms with E-state index in [1.165, 1.54) is 19.3 Å². The second-order valence-corrected chi connectivity index (χ2v) is 6.46. The Hall–Kier alpha value is -2.40. The van der Waals surface area contributed by atoms with Crippen molar-refractivity contribution in [2.24, 2.45) is 15.7 Å². The molecule has 140 valence electrons. The van der Waals surface area contributed by atoms with Crippen LogP contribution < -0.4 is 11.1 Å². The Kier molecular flexibility index (Phi) is 8.09. The van der Waals surface area contributed by atoms with Crippen molar-refractivity contribution in [3.63, 3.8) is 0 Å². The lowest BCUT2D eigenvalue weighted by Gasteiger charge is -2.27. The van der Waals surface area contributed by atoms with Crippen LogP contribution >= 0.6 is 0 Å². The monoisotopic (exact) mass is 353 g/mol. The first-order valence-corrected chi connectivity index (χ1v) is 9.27. The Morgan fingerprint density at radius 2 is 2.15 bits per heavy atom. The number of allylic oxidation sites excluding steroid dienone is 6. The lowest BCUT2D eigenvalue weighted by atomic mass is 9.99. The predicted molar refractivity (Wildman–Crippen MR) is 113 cm³/mol. The molecular weight excluding hydrogens is 322 g/mol. The molecule has 2 heterocycles. The van der Waals surface area contributed by atoms with Gasteiger partial charge in [0.15, 0.2) is 0 Å². The number of hydrogen-bond donors (Lipinski definition) is 2. The summed E-state index contributed by atoms with van der Waals surface area (Å²) in [5.74, 6) is 0.902. The number of hydrogen-bond acceptors (Lipinski definition) is 5. The van der Waals surface area contributed by atoms with E-state index in [1.54, 1.807) is 6.20 Å². The summed E-state index contributed by atoms with van der Waals surface area (Å²) in [6.45, 7) is 7.05. The molecule has 5 heteroatoms. The Balaban J connectivity index is 2.13. The highest BCUT2D eigenvalue weighted by molar-refractivity contribution is 6.05. The fourth-order valence-electron chi connectivity index (χ4n) is 3.18. The van der Waals surface area contributed by atoms with E-state index in [2.05, 4.69) is 38.9 Å². The molecule has 1 saturated heterocycles. The summed E-state index contributed by atoms with van der Waals surface area (Å²) in [7, 11) is 3.71. The van der Waals surface area contributed by atoms with Crippen molar-refractivity contribution in [2.75, 3.05) is 33.7 Å². The minimum absolute atomic E-state index is 0.830. The van der Waals surface area contributed by atoms with Crippen LogP contribution in [0.4, 0.5) is 0 Å². The van der Waals surface area contributed by atoms with E-state index in [1.807, 2.05) is 32.5 Å². The quantitative estimate of drug-likeness (QED) is 0.546. The third kappa shape index (κ3) is 5.56. The molecule has 0 unspecified atom stereocenters. The summed E-state index contributed by atoms with van der Waals surface area (Å²) in [4.78, 5) is 11.3. The van der Waals surface area contributed by atoms with Crippen LogP contribution in [0.2, 0.25) is 0 Å². The highest BCUT2D eigenvalue weighted by atomic mass is 15.1. The van der Waals surface area contributed by atoms with E-state index in [0.717, 1.165) is 54.3 Å². The van der Waals surface area contributed by atoms with E-state index in [9.17, 15) is 0 Å². The van der Waals surface area contributed by atoms with Gasteiger partial charge in [0, 0.05) is 38.6 Å². The van der Waals surface area contributed by atoms with Crippen LogP contribution in [0, 0.1) is 0 Å². The molecule has 5 nitrogen and oxygen atoms in total. The van der Waals surface area contributed by atoms with Crippen molar-refractivity contribution in [1.29, 1.82) is 0 Å². The second kappa shape index (κ2) is 10.6. The molecule has 0 bridgehead atoms. The molecule has 3 N–H and O–H groups in total. The maximum absolute atomic E-state index is 5.96. The van der Waals surface area contributed by atoms with Crippen LogP contribution in [0.5, 0.6) is 0 Å². The molecule has 2 rings (SSSR count). The van der Waals surface area contributed by atoms with Gasteiger partial charge in [0.25, 0.3) is 0 Å². The number of piperidine rings is 1. The van der Waals surface area contributed by atoms with Gasteiger partial charge in [0.05, 0.1) is 5.71 Å². The predicted octanol–water partition coefficient (Wildman–Crippen LogP) is 2.96. The number of nitrogens with zero attached hydrogens (tertiary/aromatic N) is 3. The first-order chi connectivity index (χ1) is 12.7. The van der Waals surface area contributed by atoms with E-state index in [-0.39, 0.29) is 0 Å². The van der Waals surface area contributed by atoms with Gasteiger partial charge in [-0.15, -0.1) is 0 Å². The van der Waals surface area contributed by atoms with E-state index in [0.29, 0.717) is 0 Å². The smallest absolute Gasteiger partial charge is 0.121 e. The van der Waals surface area contributed by atoms with Crippen molar-refractivity contribution in [3.05, 3.63) is 59.6 Å². The van der Waals surface area contributed by atoms with Gasteiger partial charge in [0.2, 0.25) is 0 Å². The zero-order chi connectivity index (χ0) is 18.8. The molecule has 0 aromatic heterocycles. The van der Waals surface area contributed by atoms with E-state index < -0.39 is 0 Å². The van der Waals surface area contributed by atoms with E-state index in [4.69, 9.17) is 5.73 Å². The van der Waals surface area contributed by atoms with Crippen LogP contribution in [-0.2, 0) is 0 Å². The largest absolute Gasteiger partial charge is 0.404 e. The Morgan fingerprint density at radius 3 is 2.69 bits per heavy atom. The maximum Gasteiger partial charge on any atom is 0.121 e. The molecule has 0 spiro atoms. The average Bonchev–Trinajstić information content (AvgIpc) is 2.71. The Morgan fingerprint density at radius 1 is 1.38 bits per heavy atom. The topological polar surface area (TPSA) is 66.0 Å². The zero-order valence-electron chi connectivity index (χ0n) is 16.0. The van der Waals surface area contributed by atoms with Crippen LogP contribution in [0.15, 0.2) is 69.6 Å². The van der Waals surface area contributed by atoms with Crippen molar-refractivity contribution < 1.29 is 0 Å². The highest BCUT2D eigenvalue weighted by Crippen LogP contribution is 2.17. The van der Waals surface area contributed by atoms with Crippen LogP contribution in [0.25, 0.3) is 0 Å². The molecule has 0 amide bonds. The van der Waals surface area contributed by atoms with Crippen molar-refractivity contribution in [1.82, 2.24) is 10.2 Å². The van der Waals surface area contributed by atoms with Crippen LogP contribution in [-0.4, -0.2) is 50.6 Å². The number of aliphatic imine (C=N–C) groups is 2. The summed E-state index contributed by atoms with van der Waals surface area (Å²) in [5, 5.41) is 3.05. The average molecular weight is 354 g/mol. The molecule has 0 aromatic rings. The number of rotatable bonds is 7. The normalized spacial score (nSPS) is 21.7. The molecule has 26 heavy (non-hydrogen) atoms. The fraction of sp³-hybridized carbons (Fsp3) is 0.429. The second-order valence-electron chi connectivity index (χ2n) is 6.46. The van der Waals surface area contributed by atoms with Gasteiger partial charge in [-0.25, -0.2) is 4.99 Å². The SMILES string of the molecule is C=C/C(=C\C=C1\C=NC(NC)=CC1)C(=CN)C(CN1CCCCC1)=NC. The zero-order valence-corrected chi connectivity index (χ0v) is 16.0. The first-order valence-electron chi connectivity index (χ1n) is 9.27. The van der Waals surface area contributed by atoms with Crippen molar-refractivity contribution in [3.8, 4) is 0 Å². The molecule has 1 fully saturated rings. The van der Waals surface area contributed by atoms with Gasteiger partial charge in [-0.2, -0.15) is 0 Å². The number of likely N-dealkylation sites (tertiary alicyclic amines) is 1. The van der Waals surface area contributed by atoms with Crippen LogP contribution in [0.3, 0.4) is 0 Å². The summed E-state index contributed by atoms with van der Waals surface area (Å²) >= 11 is 0. The summed E-state index contributed by atoms with van der Waals surface area (Å²) in [5.41, 5.74) is 10.0. The summed E-state index contributed by atoms with van der Waals surface area (Å²) in [6.07, 6.45) is 16.3. The molecular formula is C21H31N5. The Labute approximate surface area is 157 Å². The van der Waals surface area contributed by atoms with Gasteiger partial charge < -0.3 is 11.1 Å². The molecule has 0 aliphatic carbocycles. The van der Waals surface area contributed by atoms with E-state index >= 15 is 0 Å². The van der Waals surface area contributed by atoms with Gasteiger partial charge in [-0.05, 0) is 49.6 Å².